The maximum atomic E-state index is 14.5. The predicted octanol–water partition coefficient (Wildman–Crippen LogP) is 8.25. The molecule has 50 heavy (non-hydrogen) atoms. The van der Waals surface area contributed by atoms with Crippen molar-refractivity contribution in [1.82, 2.24) is 10.6 Å². The van der Waals surface area contributed by atoms with E-state index in [1.165, 1.54) is 0 Å². The van der Waals surface area contributed by atoms with Gasteiger partial charge in [0.2, 0.25) is 11.8 Å². The zero-order valence-corrected chi connectivity index (χ0v) is 32.8. The Bertz CT molecular complexity index is 1400. The number of allylic oxidation sites excluding steroid dienone is 1. The average molecular weight is 697 g/mol. The van der Waals surface area contributed by atoms with E-state index >= 15 is 0 Å². The lowest BCUT2D eigenvalue weighted by Gasteiger charge is -2.73. The van der Waals surface area contributed by atoms with Gasteiger partial charge in [-0.25, -0.2) is 4.79 Å². The van der Waals surface area contributed by atoms with Gasteiger partial charge < -0.3 is 20.8 Å². The van der Waals surface area contributed by atoms with E-state index < -0.39 is 28.8 Å². The summed E-state index contributed by atoms with van der Waals surface area (Å²) in [6, 6.07) is -0.868. The first-order valence-corrected chi connectivity index (χ1v) is 19.7. The van der Waals surface area contributed by atoms with Crippen LogP contribution in [0.3, 0.4) is 0 Å². The number of hydrogen-bond acceptors (Lipinski definition) is 4. The third-order valence-electron chi connectivity index (χ3n) is 16.4. The molecule has 8 nitrogen and oxygen atoms in total. The standard InChI is InChI=1S/C42H68N2O6/c1-24(2)22-28(34(46)47)43-35(48)42-19-14-26(25(3)4)33(42)27-12-13-30-39(9)17-16-31(44-32(45)23-37(5,6)36(49)50)38(7,8)29(39)15-18-41(30,11)40(27,10)20-21-42/h24,26-31,33H,3,12-23H2,1-2,4-11H3,(H,43,48)(H,44,45)(H,46,47)(H,49,50)/t26-,27+,28-,29-,30+,31-,33+,39-,40+,41+,42-/m0/s1. The van der Waals surface area contributed by atoms with E-state index in [4.69, 9.17) is 0 Å². The highest BCUT2D eigenvalue weighted by atomic mass is 16.4. The van der Waals surface area contributed by atoms with Crippen molar-refractivity contribution in [2.24, 2.45) is 68.0 Å². The molecule has 282 valence electrons. The number of hydrogen-bond donors (Lipinski definition) is 4. The summed E-state index contributed by atoms with van der Waals surface area (Å²) in [7, 11) is 0. The zero-order chi connectivity index (χ0) is 37.4. The molecule has 0 aromatic heterocycles. The molecule has 5 saturated carbocycles. The summed E-state index contributed by atoms with van der Waals surface area (Å²) in [5.41, 5.74) is -0.415. The Morgan fingerprint density at radius 2 is 1.50 bits per heavy atom. The molecule has 0 heterocycles. The molecule has 0 bridgehead atoms. The maximum absolute atomic E-state index is 14.5. The average Bonchev–Trinajstić information content (AvgIpc) is 3.39. The van der Waals surface area contributed by atoms with Gasteiger partial charge in [0.1, 0.15) is 6.04 Å². The fourth-order valence-corrected chi connectivity index (χ4v) is 13.5. The molecule has 0 spiro atoms. The Kier molecular flexibility index (Phi) is 10.0. The Labute approximate surface area is 301 Å². The lowest BCUT2D eigenvalue weighted by Crippen LogP contribution is -2.68. The van der Waals surface area contributed by atoms with Crippen molar-refractivity contribution in [3.8, 4) is 0 Å². The number of aliphatic carboxylic acids is 2. The van der Waals surface area contributed by atoms with Gasteiger partial charge in [-0.3, -0.25) is 14.4 Å². The lowest BCUT2D eigenvalue weighted by molar-refractivity contribution is -0.238. The second kappa shape index (κ2) is 12.9. The molecule has 0 aromatic carbocycles. The number of amides is 2. The van der Waals surface area contributed by atoms with Crippen molar-refractivity contribution < 1.29 is 29.4 Å². The van der Waals surface area contributed by atoms with Gasteiger partial charge in [-0.2, -0.15) is 0 Å². The van der Waals surface area contributed by atoms with E-state index in [2.05, 4.69) is 58.8 Å². The van der Waals surface area contributed by atoms with Crippen LogP contribution in [0.4, 0.5) is 0 Å². The first kappa shape index (κ1) is 38.8. The van der Waals surface area contributed by atoms with Crippen LogP contribution in [0.25, 0.3) is 0 Å². The van der Waals surface area contributed by atoms with Crippen LogP contribution >= 0.6 is 0 Å². The summed E-state index contributed by atoms with van der Waals surface area (Å²) in [6.07, 6.45) is 10.2. The van der Waals surface area contributed by atoms with Gasteiger partial charge >= 0.3 is 11.9 Å². The number of carbonyl (C=O) groups excluding carboxylic acids is 2. The summed E-state index contributed by atoms with van der Waals surface area (Å²) in [5, 5.41) is 26.0. The normalized spacial score (nSPS) is 41.1. The van der Waals surface area contributed by atoms with Crippen LogP contribution in [-0.2, 0) is 19.2 Å². The number of carboxylic acid groups (broad SMARTS) is 2. The van der Waals surface area contributed by atoms with Gasteiger partial charge in [-0.1, -0.05) is 60.6 Å². The van der Waals surface area contributed by atoms with Gasteiger partial charge in [0, 0.05) is 12.5 Å². The Hall–Kier alpha value is -2.38. The van der Waals surface area contributed by atoms with Crippen molar-refractivity contribution in [1.29, 1.82) is 0 Å². The molecule has 0 aromatic rings. The minimum Gasteiger partial charge on any atom is -0.481 e. The van der Waals surface area contributed by atoms with E-state index in [-0.39, 0.29) is 63.7 Å². The SMILES string of the molecule is C=C(C)[C@@H]1CC[C@]2(C(=O)N[C@@H](CC(C)C)C(=O)O)CC[C@]3(C)[C@H](CC[C@@H]4[C@@]5(C)CC[C@H](NC(=O)CC(C)(C)C(=O)O)C(C)(C)[C@@H]5CC[C@]43C)[C@@H]12. The molecule has 0 radical (unpaired) electrons. The van der Waals surface area contributed by atoms with Crippen LogP contribution in [0.1, 0.15) is 146 Å². The third kappa shape index (κ3) is 5.94. The van der Waals surface area contributed by atoms with Crippen molar-refractivity contribution in [3.05, 3.63) is 12.2 Å². The van der Waals surface area contributed by atoms with E-state index in [1.807, 2.05) is 13.8 Å². The van der Waals surface area contributed by atoms with Crippen molar-refractivity contribution in [3.63, 3.8) is 0 Å². The summed E-state index contributed by atoms with van der Waals surface area (Å²) >= 11 is 0. The minimum atomic E-state index is -1.11. The van der Waals surface area contributed by atoms with E-state index in [1.54, 1.807) is 13.8 Å². The molecular weight excluding hydrogens is 628 g/mol. The van der Waals surface area contributed by atoms with E-state index in [9.17, 15) is 29.4 Å². The topological polar surface area (TPSA) is 133 Å². The molecule has 2 amide bonds. The number of carboxylic acids is 2. The van der Waals surface area contributed by atoms with Crippen molar-refractivity contribution in [2.45, 2.75) is 158 Å². The van der Waals surface area contributed by atoms with Crippen LogP contribution < -0.4 is 10.6 Å². The Morgan fingerprint density at radius 3 is 2.08 bits per heavy atom. The van der Waals surface area contributed by atoms with Gasteiger partial charge in [0.25, 0.3) is 0 Å². The summed E-state index contributed by atoms with van der Waals surface area (Å²) in [4.78, 5) is 51.7. The van der Waals surface area contributed by atoms with E-state index in [0.29, 0.717) is 24.2 Å². The van der Waals surface area contributed by atoms with Gasteiger partial charge in [-0.15, -0.1) is 0 Å². The van der Waals surface area contributed by atoms with Crippen LogP contribution in [-0.4, -0.2) is 46.0 Å². The molecule has 5 rings (SSSR count). The first-order chi connectivity index (χ1) is 23.0. The largest absolute Gasteiger partial charge is 0.481 e. The molecule has 5 aliphatic rings. The van der Waals surface area contributed by atoms with E-state index in [0.717, 1.165) is 69.8 Å². The highest BCUT2D eigenvalue weighted by molar-refractivity contribution is 5.88. The highest BCUT2D eigenvalue weighted by Crippen LogP contribution is 2.77. The molecule has 0 aliphatic heterocycles. The molecule has 0 unspecified atom stereocenters. The molecule has 11 atom stereocenters. The Morgan fingerprint density at radius 1 is 0.840 bits per heavy atom. The highest BCUT2D eigenvalue weighted by Gasteiger charge is 2.72. The fourth-order valence-electron chi connectivity index (χ4n) is 13.5. The van der Waals surface area contributed by atoms with Gasteiger partial charge in [-0.05, 0) is 149 Å². The summed E-state index contributed by atoms with van der Waals surface area (Å²) < 4.78 is 0. The smallest absolute Gasteiger partial charge is 0.326 e. The van der Waals surface area contributed by atoms with Crippen molar-refractivity contribution >= 4 is 23.8 Å². The first-order valence-electron chi connectivity index (χ1n) is 19.7. The number of rotatable bonds is 10. The predicted molar refractivity (Wildman–Crippen MR) is 196 cm³/mol. The number of nitrogens with one attached hydrogen (secondary N) is 2. The number of fused-ring (bicyclic) bond motifs is 7. The van der Waals surface area contributed by atoms with Crippen molar-refractivity contribution in [2.75, 3.05) is 0 Å². The lowest BCUT2D eigenvalue weighted by atomic mass is 9.32. The fraction of sp³-hybridized carbons (Fsp3) is 0.857. The zero-order valence-electron chi connectivity index (χ0n) is 32.8. The quantitative estimate of drug-likeness (QED) is 0.170. The molecule has 0 saturated heterocycles. The minimum absolute atomic E-state index is 0.00268. The molecule has 5 aliphatic carbocycles. The second-order valence-electron chi connectivity index (χ2n) is 20.2. The number of carbonyl (C=O) groups is 4. The summed E-state index contributed by atoms with van der Waals surface area (Å²) in [6.45, 7) is 26.1. The van der Waals surface area contributed by atoms with Crippen LogP contribution in [0.5, 0.6) is 0 Å². The van der Waals surface area contributed by atoms with Gasteiger partial charge in [0.15, 0.2) is 0 Å². The molecule has 8 heteroatoms. The van der Waals surface area contributed by atoms with Crippen LogP contribution in [0.2, 0.25) is 0 Å². The third-order valence-corrected chi connectivity index (χ3v) is 16.4. The van der Waals surface area contributed by atoms with Gasteiger partial charge in [0.05, 0.1) is 10.8 Å². The van der Waals surface area contributed by atoms with Crippen LogP contribution in [0, 0.1) is 68.0 Å². The molecule has 5 fully saturated rings. The summed E-state index contributed by atoms with van der Waals surface area (Å²) in [5.74, 6) is -0.231. The molecule has 4 N–H and O–H groups in total. The maximum Gasteiger partial charge on any atom is 0.326 e. The second-order valence-corrected chi connectivity index (χ2v) is 20.2. The van der Waals surface area contributed by atoms with Crippen LogP contribution in [0.15, 0.2) is 12.2 Å². The Balaban J connectivity index is 1.42. The monoisotopic (exact) mass is 697 g/mol. The molecular formula is C42H68N2O6.